The molecule has 9 heteroatoms. The first-order valence-electron chi connectivity index (χ1n) is 38.6. The molecule has 3 atom stereocenters. The number of carbonyl (C=O) groups excluding carboxylic acids is 1. The van der Waals surface area contributed by atoms with Crippen molar-refractivity contribution in [1.82, 2.24) is 5.32 Å². The zero-order chi connectivity index (χ0) is 61.9. The number of carbonyl (C=O) groups is 1. The lowest BCUT2D eigenvalue weighted by atomic mass is 10.0. The molecule has 0 aliphatic carbocycles. The second kappa shape index (κ2) is 67.6. The van der Waals surface area contributed by atoms with Gasteiger partial charge in [-0.2, -0.15) is 0 Å². The Morgan fingerprint density at radius 1 is 0.388 bits per heavy atom. The molecule has 0 aromatic rings. The van der Waals surface area contributed by atoms with Crippen molar-refractivity contribution in [3.8, 4) is 0 Å². The van der Waals surface area contributed by atoms with E-state index in [0.29, 0.717) is 17.4 Å². The van der Waals surface area contributed by atoms with Gasteiger partial charge in [-0.15, -0.1) is 0 Å². The van der Waals surface area contributed by atoms with Gasteiger partial charge in [0.2, 0.25) is 5.91 Å². The molecule has 3 unspecified atom stereocenters. The van der Waals surface area contributed by atoms with Gasteiger partial charge in [-0.25, -0.2) is 4.57 Å². The van der Waals surface area contributed by atoms with E-state index >= 15 is 0 Å². The Hall–Kier alpha value is -0.760. The zero-order valence-electron chi connectivity index (χ0n) is 58.4. The highest BCUT2D eigenvalue weighted by molar-refractivity contribution is 7.47. The van der Waals surface area contributed by atoms with Crippen LogP contribution in [0.2, 0.25) is 0 Å². The van der Waals surface area contributed by atoms with E-state index in [1.165, 1.54) is 366 Å². The zero-order valence-corrected chi connectivity index (χ0v) is 59.3. The molecule has 0 fully saturated rings. The first-order chi connectivity index (χ1) is 41.5. The summed E-state index contributed by atoms with van der Waals surface area (Å²) in [5, 5.41) is 14.1. The molecule has 85 heavy (non-hydrogen) atoms. The van der Waals surface area contributed by atoms with Crippen molar-refractivity contribution in [3.05, 3.63) is 12.2 Å². The number of rotatable bonds is 73. The van der Waals surface area contributed by atoms with Crippen molar-refractivity contribution in [1.29, 1.82) is 0 Å². The minimum atomic E-state index is -4.35. The number of allylic oxidation sites excluding steroid dienone is 1. The minimum absolute atomic E-state index is 0.0656. The molecule has 8 nitrogen and oxygen atoms in total. The highest BCUT2D eigenvalue weighted by Crippen LogP contribution is 2.43. The summed E-state index contributed by atoms with van der Waals surface area (Å²) >= 11 is 0. The van der Waals surface area contributed by atoms with Crippen molar-refractivity contribution in [2.45, 2.75) is 431 Å². The summed E-state index contributed by atoms with van der Waals surface area (Å²) in [6.45, 7) is 4.90. The number of amides is 1. The topological polar surface area (TPSA) is 105 Å². The van der Waals surface area contributed by atoms with E-state index in [1.54, 1.807) is 6.08 Å². The smallest absolute Gasteiger partial charge is 0.387 e. The van der Waals surface area contributed by atoms with E-state index in [4.69, 9.17) is 9.05 Å². The van der Waals surface area contributed by atoms with Gasteiger partial charge in [-0.3, -0.25) is 13.8 Å². The lowest BCUT2D eigenvalue weighted by Gasteiger charge is -2.25. The van der Waals surface area contributed by atoms with Gasteiger partial charge < -0.3 is 19.8 Å². The average Bonchev–Trinajstić information content (AvgIpc) is 3.53. The molecule has 508 valence electrons. The van der Waals surface area contributed by atoms with Crippen LogP contribution in [0.1, 0.15) is 418 Å². The first-order valence-corrected chi connectivity index (χ1v) is 40.1. The third-order valence-electron chi connectivity index (χ3n) is 18.3. The molecule has 0 heterocycles. The van der Waals surface area contributed by atoms with Gasteiger partial charge in [0.25, 0.3) is 0 Å². The van der Waals surface area contributed by atoms with Crippen molar-refractivity contribution in [2.75, 3.05) is 40.9 Å². The van der Waals surface area contributed by atoms with Gasteiger partial charge in [0.05, 0.1) is 39.9 Å². The quantitative estimate of drug-likeness (QED) is 0.0243. The fraction of sp³-hybridized carbons (Fsp3) is 0.961. The number of quaternary nitrogens is 1. The van der Waals surface area contributed by atoms with Crippen LogP contribution >= 0.6 is 7.82 Å². The number of nitrogens with one attached hydrogen (secondary N) is 1. The molecular formula is C76H154N2O6P+. The molecule has 0 rings (SSSR count). The first kappa shape index (κ1) is 84.2. The largest absolute Gasteiger partial charge is 0.472 e. The van der Waals surface area contributed by atoms with E-state index in [-0.39, 0.29) is 19.1 Å². The molecule has 0 saturated heterocycles. The number of aliphatic hydroxyl groups excluding tert-OH is 1. The predicted octanol–water partition coefficient (Wildman–Crippen LogP) is 24.8. The van der Waals surface area contributed by atoms with Gasteiger partial charge in [-0.05, 0) is 19.3 Å². The number of phosphoric acid groups is 1. The molecule has 1 amide bonds. The summed E-state index contributed by atoms with van der Waals surface area (Å²) < 4.78 is 23.9. The summed E-state index contributed by atoms with van der Waals surface area (Å²) in [4.78, 5) is 23.5. The lowest BCUT2D eigenvalue weighted by Crippen LogP contribution is -2.45. The van der Waals surface area contributed by atoms with Gasteiger partial charge >= 0.3 is 7.82 Å². The molecule has 3 N–H and O–H groups in total. The average molecular weight is 1220 g/mol. The molecule has 0 bridgehead atoms. The molecule has 0 aromatic heterocycles. The Balaban J connectivity index is 3.95. The Morgan fingerprint density at radius 2 is 0.624 bits per heavy atom. The second-order valence-electron chi connectivity index (χ2n) is 28.1. The number of aliphatic hydroxyl groups is 1. The Kier molecular flexibility index (Phi) is 67.0. The lowest BCUT2D eigenvalue weighted by molar-refractivity contribution is -0.870. The van der Waals surface area contributed by atoms with Crippen molar-refractivity contribution >= 4 is 13.7 Å². The summed E-state index contributed by atoms with van der Waals surface area (Å²) in [6.07, 6.45) is 88.3. The van der Waals surface area contributed by atoms with Crippen LogP contribution in [0.25, 0.3) is 0 Å². The fourth-order valence-electron chi connectivity index (χ4n) is 12.3. The summed E-state index contributed by atoms with van der Waals surface area (Å²) in [6, 6.07) is -0.844. The number of hydrogen-bond acceptors (Lipinski definition) is 5. The van der Waals surface area contributed by atoms with Gasteiger partial charge in [0.15, 0.2) is 0 Å². The maximum absolute atomic E-state index is 13.1. The van der Waals surface area contributed by atoms with Gasteiger partial charge in [0, 0.05) is 6.42 Å². The summed E-state index contributed by atoms with van der Waals surface area (Å²) in [5.41, 5.74) is 0. The number of nitrogens with zero attached hydrogens (tertiary/aromatic N) is 1. The predicted molar refractivity (Wildman–Crippen MR) is 374 cm³/mol. The highest BCUT2D eigenvalue weighted by atomic mass is 31.2. The van der Waals surface area contributed by atoms with Gasteiger partial charge in [0.1, 0.15) is 13.2 Å². The number of likely N-dealkylation sites (N-methyl/N-ethyl adjacent to an activating group) is 1. The Labute approximate surface area is 532 Å². The monoisotopic (exact) mass is 1220 g/mol. The second-order valence-corrected chi connectivity index (χ2v) is 29.6. The Morgan fingerprint density at radius 3 is 0.871 bits per heavy atom. The van der Waals surface area contributed by atoms with Crippen LogP contribution in [-0.4, -0.2) is 73.4 Å². The highest BCUT2D eigenvalue weighted by Gasteiger charge is 2.28. The van der Waals surface area contributed by atoms with E-state index in [2.05, 4.69) is 19.2 Å². The van der Waals surface area contributed by atoms with Crippen molar-refractivity contribution in [2.24, 2.45) is 0 Å². The molecule has 0 aliphatic heterocycles. The number of hydrogen-bond donors (Lipinski definition) is 3. The third-order valence-corrected chi connectivity index (χ3v) is 19.2. The fourth-order valence-corrected chi connectivity index (χ4v) is 13.0. The van der Waals surface area contributed by atoms with Crippen LogP contribution in [0.15, 0.2) is 12.2 Å². The molecule has 0 spiro atoms. The van der Waals surface area contributed by atoms with Crippen molar-refractivity contribution in [3.63, 3.8) is 0 Å². The van der Waals surface area contributed by atoms with Crippen LogP contribution in [0.4, 0.5) is 0 Å². The normalized spacial score (nSPS) is 13.5. The standard InChI is InChI=1S/C76H153N2O6P/c1-6-8-10-12-14-16-18-20-22-24-26-28-30-32-34-36-37-38-39-40-42-44-46-48-50-52-54-56-58-60-62-64-66-68-70-76(80)77-74(73-84-85(81,82)83-72-71-78(3,4)5)75(79)69-67-65-63-61-59-57-55-53-51-49-47-45-43-41-35-33-31-29-27-25-23-21-19-17-15-13-11-9-7-2/h67,69,74-75,79H,6-66,68,70-73H2,1-5H3,(H-,77,80,81,82)/p+1/b69-67+. The maximum Gasteiger partial charge on any atom is 0.472 e. The molecule has 0 aliphatic rings. The van der Waals surface area contributed by atoms with Crippen LogP contribution in [0.3, 0.4) is 0 Å². The maximum atomic E-state index is 13.1. The number of unbranched alkanes of at least 4 members (excludes halogenated alkanes) is 60. The van der Waals surface area contributed by atoms with E-state index in [0.717, 1.165) is 32.1 Å². The SMILES string of the molecule is CCCCCCCCCCCCCCCCCCCCCCCCCCCCC/C=C/C(O)C(COP(=O)(O)OCC[N+](C)(C)C)NC(=O)CCCCCCCCCCCCCCCCCCCCCCCCCCCCCCCCCCCC. The summed E-state index contributed by atoms with van der Waals surface area (Å²) in [7, 11) is 1.60. The molecule has 0 aromatic carbocycles. The minimum Gasteiger partial charge on any atom is -0.387 e. The van der Waals surface area contributed by atoms with E-state index in [9.17, 15) is 19.4 Å². The summed E-state index contributed by atoms with van der Waals surface area (Å²) in [5.74, 6) is -0.166. The Bertz CT molecular complexity index is 1390. The van der Waals surface area contributed by atoms with Crippen LogP contribution < -0.4 is 5.32 Å². The molecule has 0 radical (unpaired) electrons. The van der Waals surface area contributed by atoms with Crippen LogP contribution in [0.5, 0.6) is 0 Å². The molecular weight excluding hydrogens is 1070 g/mol. The molecule has 0 saturated carbocycles. The van der Waals surface area contributed by atoms with Crippen LogP contribution in [-0.2, 0) is 18.4 Å². The van der Waals surface area contributed by atoms with Gasteiger partial charge in [-0.1, -0.05) is 405 Å². The van der Waals surface area contributed by atoms with Crippen molar-refractivity contribution < 1.29 is 32.9 Å². The van der Waals surface area contributed by atoms with Crippen LogP contribution in [0, 0.1) is 0 Å². The number of phosphoric ester groups is 1. The third kappa shape index (κ3) is 70.6. The van der Waals surface area contributed by atoms with E-state index in [1.807, 2.05) is 27.2 Å². The van der Waals surface area contributed by atoms with E-state index < -0.39 is 20.0 Å².